The summed E-state index contributed by atoms with van der Waals surface area (Å²) in [6.45, 7) is 0.132. The normalized spacial score (nSPS) is 10.6. The Kier molecular flexibility index (Phi) is 6.75. The molecule has 0 unspecified atom stereocenters. The number of esters is 1. The number of benzene rings is 4. The summed E-state index contributed by atoms with van der Waals surface area (Å²) in [5, 5.41) is 10.7. The third-order valence-corrected chi connectivity index (χ3v) is 5.09. The maximum Gasteiger partial charge on any atom is 0.318 e. The summed E-state index contributed by atoms with van der Waals surface area (Å²) in [4.78, 5) is 23.3. The molecule has 6 heteroatoms. The first-order chi connectivity index (χ1) is 16.1. The second kappa shape index (κ2) is 10.2. The molecule has 0 saturated carbocycles. The minimum Gasteiger partial charge on any atom is -0.460 e. The molecule has 33 heavy (non-hydrogen) atoms. The van der Waals surface area contributed by atoms with Crippen molar-refractivity contribution in [2.75, 3.05) is 0 Å². The maximum atomic E-state index is 13.0. The van der Waals surface area contributed by atoms with Gasteiger partial charge in [0.2, 0.25) is 0 Å². The van der Waals surface area contributed by atoms with Gasteiger partial charge >= 0.3 is 5.97 Å². The Labute approximate surface area is 191 Å². The van der Waals surface area contributed by atoms with E-state index in [9.17, 15) is 14.9 Å². The molecule has 4 rings (SSSR count). The first-order valence-electron chi connectivity index (χ1n) is 10.4. The highest BCUT2D eigenvalue weighted by Gasteiger charge is 2.24. The largest absolute Gasteiger partial charge is 0.460 e. The van der Waals surface area contributed by atoms with E-state index in [4.69, 9.17) is 9.47 Å². The van der Waals surface area contributed by atoms with E-state index in [-0.39, 0.29) is 18.3 Å². The Balaban J connectivity index is 1.40. The van der Waals surface area contributed by atoms with Crippen LogP contribution >= 0.6 is 0 Å². The predicted octanol–water partition coefficient (Wildman–Crippen LogP) is 6.26. The average molecular weight is 439 g/mol. The lowest BCUT2D eigenvalue weighted by Crippen LogP contribution is -2.17. The summed E-state index contributed by atoms with van der Waals surface area (Å²) in [6, 6.07) is 32.1. The van der Waals surface area contributed by atoms with Crippen LogP contribution in [0.3, 0.4) is 0 Å². The number of rotatable bonds is 8. The molecule has 0 bridgehead atoms. The number of nitro benzene ring substituents is 1. The van der Waals surface area contributed by atoms with Gasteiger partial charge in [0.25, 0.3) is 5.69 Å². The van der Waals surface area contributed by atoms with Crippen molar-refractivity contribution >= 4 is 11.7 Å². The van der Waals surface area contributed by atoms with Crippen molar-refractivity contribution in [3.63, 3.8) is 0 Å². The van der Waals surface area contributed by atoms with Crippen molar-refractivity contribution in [1.82, 2.24) is 0 Å². The number of carbonyl (C=O) groups excluding carboxylic acids is 1. The zero-order valence-electron chi connectivity index (χ0n) is 17.7. The summed E-state index contributed by atoms with van der Waals surface area (Å²) in [5.74, 6) is 0.245. The van der Waals surface area contributed by atoms with Crippen molar-refractivity contribution in [3.05, 3.63) is 136 Å². The number of hydrogen-bond donors (Lipinski definition) is 0. The van der Waals surface area contributed by atoms with Crippen molar-refractivity contribution in [2.24, 2.45) is 0 Å². The van der Waals surface area contributed by atoms with Crippen molar-refractivity contribution < 1.29 is 19.2 Å². The second-order valence-electron chi connectivity index (χ2n) is 7.36. The van der Waals surface area contributed by atoms with Crippen LogP contribution in [0.15, 0.2) is 109 Å². The molecule has 4 aromatic rings. The number of non-ortho nitro benzene ring substituents is 1. The molecule has 0 amide bonds. The lowest BCUT2D eigenvalue weighted by molar-refractivity contribution is -0.384. The highest BCUT2D eigenvalue weighted by atomic mass is 16.6. The van der Waals surface area contributed by atoms with E-state index in [0.29, 0.717) is 11.5 Å². The van der Waals surface area contributed by atoms with Crippen LogP contribution in [0.25, 0.3) is 0 Å². The number of ether oxygens (including phenoxy) is 2. The lowest BCUT2D eigenvalue weighted by Gasteiger charge is -2.17. The number of carbonyl (C=O) groups is 1. The highest BCUT2D eigenvalue weighted by Crippen LogP contribution is 2.27. The first kappa shape index (κ1) is 21.8. The third kappa shape index (κ3) is 5.62. The van der Waals surface area contributed by atoms with E-state index in [1.54, 1.807) is 24.3 Å². The molecule has 6 nitrogen and oxygen atoms in total. The van der Waals surface area contributed by atoms with Crippen LogP contribution < -0.4 is 4.74 Å². The monoisotopic (exact) mass is 439 g/mol. The molecular formula is C27H21NO5. The summed E-state index contributed by atoms with van der Waals surface area (Å²) in [7, 11) is 0. The van der Waals surface area contributed by atoms with Gasteiger partial charge in [0.15, 0.2) is 0 Å². The minimum absolute atomic E-state index is 0.00354. The molecule has 4 aromatic carbocycles. The fourth-order valence-electron chi connectivity index (χ4n) is 3.42. The molecule has 0 aliphatic rings. The number of hydrogen-bond acceptors (Lipinski definition) is 5. The van der Waals surface area contributed by atoms with Gasteiger partial charge < -0.3 is 9.47 Å². The number of nitro groups is 1. The number of nitrogens with zero attached hydrogens (tertiary/aromatic N) is 1. The summed E-state index contributed by atoms with van der Waals surface area (Å²) < 4.78 is 11.4. The van der Waals surface area contributed by atoms with Gasteiger partial charge in [-0.25, -0.2) is 0 Å². The fraction of sp³-hybridized carbons (Fsp3) is 0.0741. The van der Waals surface area contributed by atoms with Crippen LogP contribution in [0.2, 0.25) is 0 Å². The van der Waals surface area contributed by atoms with Gasteiger partial charge in [0.05, 0.1) is 4.92 Å². The SMILES string of the molecule is O=C(OCc1ccc(Oc2ccc([N+](=O)[O-])cc2)cc1)C(c1ccccc1)c1ccccc1. The maximum absolute atomic E-state index is 13.0. The fourth-order valence-corrected chi connectivity index (χ4v) is 3.42. The zero-order chi connectivity index (χ0) is 23.0. The van der Waals surface area contributed by atoms with Gasteiger partial charge in [0.1, 0.15) is 24.0 Å². The average Bonchev–Trinajstić information content (AvgIpc) is 2.85. The molecular weight excluding hydrogens is 418 g/mol. The van der Waals surface area contributed by atoms with Crippen molar-refractivity contribution in [2.45, 2.75) is 12.5 Å². The van der Waals surface area contributed by atoms with Crippen LogP contribution in [0.4, 0.5) is 5.69 Å². The molecule has 0 saturated heterocycles. The molecule has 0 spiro atoms. The van der Waals surface area contributed by atoms with E-state index in [1.807, 2.05) is 72.8 Å². The van der Waals surface area contributed by atoms with E-state index < -0.39 is 10.8 Å². The predicted molar refractivity (Wildman–Crippen MR) is 124 cm³/mol. The summed E-state index contributed by atoms with van der Waals surface area (Å²) in [6.07, 6.45) is 0. The third-order valence-electron chi connectivity index (χ3n) is 5.09. The molecule has 0 aliphatic carbocycles. The minimum atomic E-state index is -0.503. The van der Waals surface area contributed by atoms with Crippen LogP contribution in [0.5, 0.6) is 11.5 Å². The van der Waals surface area contributed by atoms with Gasteiger partial charge in [-0.15, -0.1) is 0 Å². The quantitative estimate of drug-likeness (QED) is 0.184. The van der Waals surface area contributed by atoms with E-state index >= 15 is 0 Å². The Morgan fingerprint density at radius 3 is 1.70 bits per heavy atom. The second-order valence-corrected chi connectivity index (χ2v) is 7.36. The van der Waals surface area contributed by atoms with Crippen LogP contribution in [0, 0.1) is 10.1 Å². The summed E-state index contributed by atoms with van der Waals surface area (Å²) in [5.41, 5.74) is 2.57. The van der Waals surface area contributed by atoms with Gasteiger partial charge in [-0.1, -0.05) is 72.8 Å². The van der Waals surface area contributed by atoms with Gasteiger partial charge in [0, 0.05) is 12.1 Å². The molecule has 0 aliphatic heterocycles. The smallest absolute Gasteiger partial charge is 0.318 e. The van der Waals surface area contributed by atoms with E-state index in [0.717, 1.165) is 16.7 Å². The zero-order valence-corrected chi connectivity index (χ0v) is 17.7. The van der Waals surface area contributed by atoms with E-state index in [1.165, 1.54) is 12.1 Å². The topological polar surface area (TPSA) is 78.7 Å². The Bertz CT molecular complexity index is 1170. The molecule has 0 aromatic heterocycles. The molecule has 0 N–H and O–H groups in total. The standard InChI is InChI=1S/C27H21NO5/c29-27(26(21-7-3-1-4-8-21)22-9-5-2-6-10-22)32-19-20-11-15-24(16-12-20)33-25-17-13-23(14-18-25)28(30)31/h1-18,26H,19H2. The first-order valence-corrected chi connectivity index (χ1v) is 10.4. The summed E-state index contributed by atoms with van der Waals surface area (Å²) >= 11 is 0. The highest BCUT2D eigenvalue weighted by molar-refractivity contribution is 5.82. The molecule has 164 valence electrons. The molecule has 0 fully saturated rings. The molecule has 0 radical (unpaired) electrons. The molecule has 0 heterocycles. The van der Waals surface area contributed by atoms with Crippen molar-refractivity contribution in [1.29, 1.82) is 0 Å². The van der Waals surface area contributed by atoms with Crippen LogP contribution in [-0.4, -0.2) is 10.9 Å². The van der Waals surface area contributed by atoms with Gasteiger partial charge in [-0.3, -0.25) is 14.9 Å². The Hall–Kier alpha value is -4.45. The van der Waals surface area contributed by atoms with Crippen molar-refractivity contribution in [3.8, 4) is 11.5 Å². The van der Waals surface area contributed by atoms with E-state index in [2.05, 4.69) is 0 Å². The lowest BCUT2D eigenvalue weighted by atomic mass is 9.91. The van der Waals surface area contributed by atoms with Crippen LogP contribution in [0.1, 0.15) is 22.6 Å². The van der Waals surface area contributed by atoms with Crippen LogP contribution in [-0.2, 0) is 16.1 Å². The van der Waals surface area contributed by atoms with Gasteiger partial charge in [-0.2, -0.15) is 0 Å². The van der Waals surface area contributed by atoms with Gasteiger partial charge in [-0.05, 0) is 41.0 Å². The Morgan fingerprint density at radius 2 is 1.21 bits per heavy atom. The molecule has 0 atom stereocenters. The Morgan fingerprint density at radius 1 is 0.727 bits per heavy atom.